The number of pyridine rings is 1. The number of benzene rings is 1. The van der Waals surface area contributed by atoms with E-state index in [-0.39, 0.29) is 29.4 Å². The van der Waals surface area contributed by atoms with Crippen LogP contribution in [0.25, 0.3) is 11.3 Å². The molecule has 2 heterocycles. The monoisotopic (exact) mass is 430 g/mol. The van der Waals surface area contributed by atoms with Crippen molar-refractivity contribution >= 4 is 11.6 Å². The van der Waals surface area contributed by atoms with Crippen LogP contribution in [-0.4, -0.2) is 33.8 Å². The molecule has 0 spiro atoms. The first-order valence-electron chi connectivity index (χ1n) is 9.69. The summed E-state index contributed by atoms with van der Waals surface area (Å²) in [7, 11) is 1.37. The van der Waals surface area contributed by atoms with E-state index in [0.29, 0.717) is 5.69 Å². The van der Waals surface area contributed by atoms with Crippen LogP contribution in [0.1, 0.15) is 30.2 Å². The lowest BCUT2D eigenvalue weighted by atomic mass is 9.85. The van der Waals surface area contributed by atoms with Crippen LogP contribution in [0.5, 0.6) is 5.75 Å². The van der Waals surface area contributed by atoms with Crippen molar-refractivity contribution in [3.05, 3.63) is 59.5 Å². The zero-order valence-corrected chi connectivity index (χ0v) is 17.0. The number of aliphatic hydroxyl groups excluding tert-OH is 1. The number of hydrogen-bond donors (Lipinski definition) is 2. The standard InChI is InChI=1S/C22H21F3N4O2/c1-21(12-30)7-5-17-15(21)9-13(11-27-17)16-6-8-26-20(28-16)29-18-10-14(22(23,24)25)3-4-19(18)31-2/h3-4,6,8-11,30H,5,7,12H2,1-2H3,(H,26,28,29). The molecule has 2 aromatic heterocycles. The van der Waals surface area contributed by atoms with Gasteiger partial charge in [-0.15, -0.1) is 0 Å². The summed E-state index contributed by atoms with van der Waals surface area (Å²) in [5.74, 6) is 0.362. The molecule has 0 radical (unpaired) electrons. The number of methoxy groups -OCH3 is 1. The van der Waals surface area contributed by atoms with Gasteiger partial charge in [0.05, 0.1) is 30.7 Å². The van der Waals surface area contributed by atoms with Gasteiger partial charge in [0.15, 0.2) is 0 Å². The van der Waals surface area contributed by atoms with Crippen molar-refractivity contribution in [1.82, 2.24) is 15.0 Å². The molecule has 162 valence electrons. The lowest BCUT2D eigenvalue weighted by Crippen LogP contribution is -2.23. The number of anilines is 2. The zero-order chi connectivity index (χ0) is 22.2. The first-order valence-corrected chi connectivity index (χ1v) is 9.69. The Morgan fingerprint density at radius 3 is 2.71 bits per heavy atom. The number of fused-ring (bicyclic) bond motifs is 1. The molecule has 2 N–H and O–H groups in total. The summed E-state index contributed by atoms with van der Waals surface area (Å²) in [6.07, 6.45) is 0.364. The summed E-state index contributed by atoms with van der Waals surface area (Å²) in [5, 5.41) is 12.6. The highest BCUT2D eigenvalue weighted by Crippen LogP contribution is 2.39. The van der Waals surface area contributed by atoms with Gasteiger partial charge in [0.1, 0.15) is 5.75 Å². The highest BCUT2D eigenvalue weighted by molar-refractivity contribution is 5.66. The van der Waals surface area contributed by atoms with Gasteiger partial charge in [-0.1, -0.05) is 6.92 Å². The Bertz CT molecular complexity index is 1120. The first kappa shape index (κ1) is 21.0. The van der Waals surface area contributed by atoms with Crippen LogP contribution < -0.4 is 10.1 Å². The van der Waals surface area contributed by atoms with Crippen LogP contribution in [0.4, 0.5) is 24.8 Å². The Balaban J connectivity index is 1.67. The molecular formula is C22H21F3N4O2. The van der Waals surface area contributed by atoms with Crippen LogP contribution >= 0.6 is 0 Å². The number of nitrogens with one attached hydrogen (secondary N) is 1. The lowest BCUT2D eigenvalue weighted by molar-refractivity contribution is -0.137. The number of aliphatic hydroxyl groups is 1. The minimum Gasteiger partial charge on any atom is -0.495 e. The van der Waals surface area contributed by atoms with Crippen molar-refractivity contribution in [2.45, 2.75) is 31.4 Å². The Labute approximate surface area is 177 Å². The fourth-order valence-corrected chi connectivity index (χ4v) is 3.73. The molecule has 1 aliphatic rings. The third-order valence-corrected chi connectivity index (χ3v) is 5.61. The van der Waals surface area contributed by atoms with Crippen molar-refractivity contribution in [3.8, 4) is 17.0 Å². The van der Waals surface area contributed by atoms with E-state index in [1.54, 1.807) is 12.3 Å². The topological polar surface area (TPSA) is 80.2 Å². The number of alkyl halides is 3. The van der Waals surface area contributed by atoms with E-state index in [1.165, 1.54) is 19.4 Å². The summed E-state index contributed by atoms with van der Waals surface area (Å²) >= 11 is 0. The fraction of sp³-hybridized carbons (Fsp3) is 0.318. The Morgan fingerprint density at radius 1 is 1.19 bits per heavy atom. The molecule has 6 nitrogen and oxygen atoms in total. The smallest absolute Gasteiger partial charge is 0.416 e. The Hall–Kier alpha value is -3.20. The summed E-state index contributed by atoms with van der Waals surface area (Å²) in [4.78, 5) is 13.1. The van der Waals surface area contributed by atoms with E-state index < -0.39 is 11.7 Å². The predicted molar refractivity (Wildman–Crippen MR) is 109 cm³/mol. The van der Waals surface area contributed by atoms with E-state index in [0.717, 1.165) is 41.8 Å². The van der Waals surface area contributed by atoms with Crippen molar-refractivity contribution < 1.29 is 23.0 Å². The van der Waals surface area contributed by atoms with Gasteiger partial charge in [-0.3, -0.25) is 4.98 Å². The average Bonchev–Trinajstić information content (AvgIpc) is 3.10. The fourth-order valence-electron chi connectivity index (χ4n) is 3.73. The third kappa shape index (κ3) is 4.05. The van der Waals surface area contributed by atoms with Gasteiger partial charge in [0.25, 0.3) is 0 Å². The van der Waals surface area contributed by atoms with E-state index in [1.807, 2.05) is 13.0 Å². The molecule has 1 atom stereocenters. The SMILES string of the molecule is COc1ccc(C(F)(F)F)cc1Nc1nccc(-c2cnc3c(c2)C(C)(CO)CC3)n1. The van der Waals surface area contributed by atoms with Crippen LogP contribution in [0, 0.1) is 0 Å². The second-order valence-electron chi connectivity index (χ2n) is 7.74. The molecule has 0 amide bonds. The van der Waals surface area contributed by atoms with Gasteiger partial charge in [0, 0.05) is 29.1 Å². The van der Waals surface area contributed by atoms with Gasteiger partial charge < -0.3 is 15.2 Å². The third-order valence-electron chi connectivity index (χ3n) is 5.61. The maximum absolute atomic E-state index is 13.1. The van der Waals surface area contributed by atoms with Gasteiger partial charge in [-0.25, -0.2) is 9.97 Å². The van der Waals surface area contributed by atoms with Gasteiger partial charge >= 0.3 is 6.18 Å². The summed E-state index contributed by atoms with van der Waals surface area (Å²) in [5.41, 5.74) is 2.19. The quantitative estimate of drug-likeness (QED) is 0.620. The molecule has 1 aromatic carbocycles. The van der Waals surface area contributed by atoms with Gasteiger partial charge in [-0.05, 0) is 48.7 Å². The summed E-state index contributed by atoms with van der Waals surface area (Å²) in [6.45, 7) is 2.02. The number of rotatable bonds is 5. The molecule has 9 heteroatoms. The minimum absolute atomic E-state index is 0.0249. The van der Waals surface area contributed by atoms with E-state index in [9.17, 15) is 18.3 Å². The maximum Gasteiger partial charge on any atom is 0.416 e. The molecular weight excluding hydrogens is 409 g/mol. The first-order chi connectivity index (χ1) is 14.7. The van der Waals surface area contributed by atoms with Gasteiger partial charge in [0.2, 0.25) is 5.95 Å². The number of halogens is 3. The van der Waals surface area contributed by atoms with E-state index in [2.05, 4.69) is 20.3 Å². The summed E-state index contributed by atoms with van der Waals surface area (Å²) < 4.78 is 44.5. The molecule has 3 aromatic rings. The number of aryl methyl sites for hydroxylation is 1. The van der Waals surface area contributed by atoms with Crippen LogP contribution in [0.15, 0.2) is 42.7 Å². The number of hydrogen-bond acceptors (Lipinski definition) is 6. The summed E-state index contributed by atoms with van der Waals surface area (Å²) in [6, 6.07) is 6.81. The van der Waals surface area contributed by atoms with Crippen molar-refractivity contribution in [3.63, 3.8) is 0 Å². The van der Waals surface area contributed by atoms with E-state index >= 15 is 0 Å². The highest BCUT2D eigenvalue weighted by atomic mass is 19.4. The Morgan fingerprint density at radius 2 is 2.00 bits per heavy atom. The van der Waals surface area contributed by atoms with Crippen LogP contribution in [0.3, 0.4) is 0 Å². The molecule has 0 saturated heterocycles. The molecule has 0 bridgehead atoms. The molecule has 0 saturated carbocycles. The Kier molecular flexibility index (Phi) is 5.30. The minimum atomic E-state index is -4.49. The normalized spacial score (nSPS) is 18.0. The molecule has 1 unspecified atom stereocenters. The average molecular weight is 430 g/mol. The maximum atomic E-state index is 13.1. The lowest BCUT2D eigenvalue weighted by Gasteiger charge is -2.22. The molecule has 0 aliphatic heterocycles. The zero-order valence-electron chi connectivity index (χ0n) is 17.0. The van der Waals surface area contributed by atoms with Crippen molar-refractivity contribution in [1.29, 1.82) is 0 Å². The number of nitrogens with zero attached hydrogens (tertiary/aromatic N) is 3. The number of aromatic nitrogens is 3. The molecule has 31 heavy (non-hydrogen) atoms. The highest BCUT2D eigenvalue weighted by Gasteiger charge is 2.35. The second kappa shape index (κ2) is 7.81. The molecule has 0 fully saturated rings. The van der Waals surface area contributed by atoms with Crippen LogP contribution in [-0.2, 0) is 18.0 Å². The molecule has 4 rings (SSSR count). The van der Waals surface area contributed by atoms with Crippen molar-refractivity contribution in [2.24, 2.45) is 0 Å². The van der Waals surface area contributed by atoms with Crippen molar-refractivity contribution in [2.75, 3.05) is 19.0 Å². The predicted octanol–water partition coefficient (Wildman–Crippen LogP) is 4.51. The second-order valence-corrected chi connectivity index (χ2v) is 7.74. The van der Waals surface area contributed by atoms with Crippen LogP contribution in [0.2, 0.25) is 0 Å². The number of ether oxygens (including phenoxy) is 1. The van der Waals surface area contributed by atoms with Gasteiger partial charge in [-0.2, -0.15) is 13.2 Å². The van der Waals surface area contributed by atoms with E-state index in [4.69, 9.17) is 4.74 Å². The molecule has 1 aliphatic carbocycles. The largest absolute Gasteiger partial charge is 0.495 e.